The summed E-state index contributed by atoms with van der Waals surface area (Å²) in [6.45, 7) is 1.93. The summed E-state index contributed by atoms with van der Waals surface area (Å²) in [5.74, 6) is 0.799. The first-order valence-corrected chi connectivity index (χ1v) is 2.44. The van der Waals surface area contributed by atoms with Crippen molar-refractivity contribution in [3.63, 3.8) is 0 Å². The van der Waals surface area contributed by atoms with E-state index in [1.54, 1.807) is 6.20 Å². The van der Waals surface area contributed by atoms with Crippen molar-refractivity contribution in [1.29, 1.82) is 0 Å². The third-order valence-corrected chi connectivity index (χ3v) is 0.782. The normalized spacial score (nSPS) is 10.6. The topological polar surface area (TPSA) is 26.0 Å². The quantitative estimate of drug-likeness (QED) is 0.548. The number of hydrogen-bond acceptors (Lipinski definition) is 2. The second-order valence-corrected chi connectivity index (χ2v) is 1.40. The Labute approximate surface area is 47.9 Å². The molecule has 0 aliphatic carbocycles. The molecule has 1 rings (SSSR count). The van der Waals surface area contributed by atoms with Gasteiger partial charge in [-0.1, -0.05) is 6.08 Å². The molecule has 0 amide bonds. The summed E-state index contributed by atoms with van der Waals surface area (Å²) in [6, 6.07) is 0. The molecule has 0 aromatic carbocycles. The lowest BCUT2D eigenvalue weighted by Crippen LogP contribution is -1.55. The van der Waals surface area contributed by atoms with Crippen LogP contribution in [0.3, 0.4) is 0 Å². The molecule has 0 fully saturated rings. The highest BCUT2D eigenvalue weighted by Gasteiger charge is 1.83. The van der Waals surface area contributed by atoms with E-state index in [4.69, 9.17) is 4.42 Å². The highest BCUT2D eigenvalue weighted by atomic mass is 16.3. The van der Waals surface area contributed by atoms with E-state index in [1.165, 1.54) is 6.39 Å². The van der Waals surface area contributed by atoms with Gasteiger partial charge in [0.05, 0.1) is 6.20 Å². The van der Waals surface area contributed by atoms with Crippen LogP contribution in [0.4, 0.5) is 0 Å². The fraction of sp³-hybridized carbons (Fsp3) is 0.167. The number of oxazole rings is 1. The van der Waals surface area contributed by atoms with E-state index in [2.05, 4.69) is 4.98 Å². The van der Waals surface area contributed by atoms with Crippen molar-refractivity contribution < 1.29 is 4.42 Å². The van der Waals surface area contributed by atoms with Gasteiger partial charge >= 0.3 is 0 Å². The smallest absolute Gasteiger partial charge is 0.181 e. The van der Waals surface area contributed by atoms with Crippen LogP contribution in [-0.2, 0) is 0 Å². The molecule has 8 heavy (non-hydrogen) atoms. The Morgan fingerprint density at radius 3 is 3.12 bits per heavy atom. The molecule has 0 atom stereocenters. The number of nitrogens with zero attached hydrogens (tertiary/aromatic N) is 1. The lowest BCUT2D eigenvalue weighted by molar-refractivity contribution is 0.548. The van der Waals surface area contributed by atoms with Crippen LogP contribution in [0.15, 0.2) is 23.1 Å². The van der Waals surface area contributed by atoms with Crippen LogP contribution in [0, 0.1) is 0 Å². The molecule has 2 heteroatoms. The molecule has 0 bridgehead atoms. The van der Waals surface area contributed by atoms with E-state index in [0.717, 1.165) is 5.76 Å². The molecule has 0 aliphatic rings. The van der Waals surface area contributed by atoms with Crippen LogP contribution >= 0.6 is 0 Å². The van der Waals surface area contributed by atoms with Gasteiger partial charge in [0, 0.05) is 0 Å². The summed E-state index contributed by atoms with van der Waals surface area (Å²) in [7, 11) is 0. The van der Waals surface area contributed by atoms with Crippen LogP contribution in [0.2, 0.25) is 0 Å². The monoisotopic (exact) mass is 109 g/mol. The van der Waals surface area contributed by atoms with Crippen LogP contribution < -0.4 is 0 Å². The number of allylic oxidation sites excluding steroid dienone is 1. The maximum Gasteiger partial charge on any atom is 0.181 e. The fourth-order valence-electron chi connectivity index (χ4n) is 0.472. The van der Waals surface area contributed by atoms with Crippen molar-refractivity contribution in [2.75, 3.05) is 0 Å². The lowest BCUT2D eigenvalue weighted by atomic mass is 10.4. The van der Waals surface area contributed by atoms with Crippen molar-refractivity contribution in [2.24, 2.45) is 0 Å². The molecular formula is C6H7NO. The zero-order valence-electron chi connectivity index (χ0n) is 4.66. The summed E-state index contributed by atoms with van der Waals surface area (Å²) >= 11 is 0. The summed E-state index contributed by atoms with van der Waals surface area (Å²) in [6.07, 6.45) is 6.84. The fourth-order valence-corrected chi connectivity index (χ4v) is 0.472. The second-order valence-electron chi connectivity index (χ2n) is 1.40. The number of aromatic nitrogens is 1. The molecule has 0 unspecified atom stereocenters. The minimum atomic E-state index is 0.799. The first kappa shape index (κ1) is 5.09. The van der Waals surface area contributed by atoms with Crippen molar-refractivity contribution in [1.82, 2.24) is 4.98 Å². The Hall–Kier alpha value is -1.05. The summed E-state index contributed by atoms with van der Waals surface area (Å²) in [5, 5.41) is 0. The predicted molar refractivity (Wildman–Crippen MR) is 31.2 cm³/mol. The number of rotatable bonds is 1. The summed E-state index contributed by atoms with van der Waals surface area (Å²) < 4.78 is 4.88. The largest absolute Gasteiger partial charge is 0.444 e. The molecule has 0 N–H and O–H groups in total. The molecule has 2 nitrogen and oxygen atoms in total. The Bertz CT molecular complexity index is 165. The van der Waals surface area contributed by atoms with Crippen LogP contribution in [0.5, 0.6) is 0 Å². The van der Waals surface area contributed by atoms with Gasteiger partial charge in [0.15, 0.2) is 6.39 Å². The highest BCUT2D eigenvalue weighted by molar-refractivity contribution is 5.39. The summed E-state index contributed by atoms with van der Waals surface area (Å²) in [5.41, 5.74) is 0. The standard InChI is InChI=1S/C6H7NO/c1-2-3-6-4-7-5-8-6/h2-5H,1H3/b3-2-. The first-order chi connectivity index (χ1) is 3.93. The van der Waals surface area contributed by atoms with Gasteiger partial charge in [-0.3, -0.25) is 0 Å². The van der Waals surface area contributed by atoms with Gasteiger partial charge < -0.3 is 4.42 Å². The molecule has 0 radical (unpaired) electrons. The van der Waals surface area contributed by atoms with Gasteiger partial charge in [0.1, 0.15) is 5.76 Å². The SMILES string of the molecule is C/C=C\c1cnco1. The van der Waals surface area contributed by atoms with E-state index in [1.807, 2.05) is 19.1 Å². The van der Waals surface area contributed by atoms with Crippen molar-refractivity contribution in [2.45, 2.75) is 6.92 Å². The Morgan fingerprint density at radius 1 is 1.75 bits per heavy atom. The van der Waals surface area contributed by atoms with Crippen molar-refractivity contribution in [3.8, 4) is 0 Å². The average molecular weight is 109 g/mol. The molecule has 0 saturated carbocycles. The molecule has 42 valence electrons. The van der Waals surface area contributed by atoms with Gasteiger partial charge in [-0.25, -0.2) is 4.98 Å². The van der Waals surface area contributed by atoms with Crippen LogP contribution in [0.1, 0.15) is 12.7 Å². The number of hydrogen-bond donors (Lipinski definition) is 0. The van der Waals surface area contributed by atoms with Crippen molar-refractivity contribution >= 4 is 6.08 Å². The van der Waals surface area contributed by atoms with Gasteiger partial charge in [-0.05, 0) is 13.0 Å². The maximum absolute atomic E-state index is 4.88. The minimum absolute atomic E-state index is 0.799. The van der Waals surface area contributed by atoms with Crippen molar-refractivity contribution in [3.05, 3.63) is 24.4 Å². The molecule has 0 aliphatic heterocycles. The van der Waals surface area contributed by atoms with E-state index < -0.39 is 0 Å². The maximum atomic E-state index is 4.88. The zero-order valence-corrected chi connectivity index (χ0v) is 4.66. The van der Waals surface area contributed by atoms with Gasteiger partial charge in [0.2, 0.25) is 0 Å². The van der Waals surface area contributed by atoms with Gasteiger partial charge in [-0.15, -0.1) is 0 Å². The lowest BCUT2D eigenvalue weighted by Gasteiger charge is -1.74. The first-order valence-electron chi connectivity index (χ1n) is 2.44. The zero-order chi connectivity index (χ0) is 5.82. The third-order valence-electron chi connectivity index (χ3n) is 0.782. The Morgan fingerprint density at radius 2 is 2.62 bits per heavy atom. The predicted octanol–water partition coefficient (Wildman–Crippen LogP) is 1.71. The molecule has 0 saturated heterocycles. The molecule has 1 aromatic rings. The molecule has 0 spiro atoms. The Balaban J connectivity index is 2.77. The molecule has 1 heterocycles. The van der Waals surface area contributed by atoms with Crippen LogP contribution in [0.25, 0.3) is 6.08 Å². The third kappa shape index (κ3) is 0.964. The van der Waals surface area contributed by atoms with Crippen LogP contribution in [-0.4, -0.2) is 4.98 Å². The van der Waals surface area contributed by atoms with E-state index in [9.17, 15) is 0 Å². The second kappa shape index (κ2) is 2.31. The Kier molecular flexibility index (Phi) is 1.47. The van der Waals surface area contributed by atoms with E-state index >= 15 is 0 Å². The van der Waals surface area contributed by atoms with Gasteiger partial charge in [0.25, 0.3) is 0 Å². The van der Waals surface area contributed by atoms with E-state index in [-0.39, 0.29) is 0 Å². The highest BCUT2D eigenvalue weighted by Crippen LogP contribution is 1.97. The molecular weight excluding hydrogens is 102 g/mol. The summed E-state index contributed by atoms with van der Waals surface area (Å²) in [4.78, 5) is 3.72. The van der Waals surface area contributed by atoms with Gasteiger partial charge in [-0.2, -0.15) is 0 Å². The molecule has 1 aromatic heterocycles. The van der Waals surface area contributed by atoms with E-state index in [0.29, 0.717) is 0 Å². The minimum Gasteiger partial charge on any atom is -0.444 e. The average Bonchev–Trinajstić information content (AvgIpc) is 2.19.